The van der Waals surface area contributed by atoms with E-state index in [0.717, 1.165) is 50.2 Å². The molecule has 0 radical (unpaired) electrons. The molecule has 49 heavy (non-hydrogen) atoms. The molecule has 0 unspecified atom stereocenters. The van der Waals surface area contributed by atoms with Gasteiger partial charge in [-0.25, -0.2) is 4.98 Å². The van der Waals surface area contributed by atoms with Gasteiger partial charge in [-0.05, 0) is 71.8 Å². The van der Waals surface area contributed by atoms with Crippen molar-refractivity contribution in [1.82, 2.24) is 14.1 Å². The molecule has 7 aromatic carbocycles. The molecule has 0 amide bonds. The van der Waals surface area contributed by atoms with Crippen molar-refractivity contribution in [2.45, 2.75) is 0 Å². The van der Waals surface area contributed by atoms with Gasteiger partial charge in [-0.1, -0.05) is 97.1 Å². The molecule has 0 saturated heterocycles. The first-order chi connectivity index (χ1) is 24.3. The number of fused-ring (bicyclic) bond motifs is 8. The second-order valence-corrected chi connectivity index (χ2v) is 12.8. The topological polar surface area (TPSA) is 32.0 Å². The zero-order valence-electron chi connectivity index (χ0n) is 26.3. The molecule has 1 aliphatic heterocycles. The predicted octanol–water partition coefficient (Wildman–Crippen LogP) is 11.9. The van der Waals surface area contributed by atoms with Crippen LogP contribution in [0, 0.1) is 0 Å². The number of rotatable bonds is 3. The molecule has 3 aromatic heterocycles. The Bertz CT molecular complexity index is 2970. The molecule has 0 saturated carbocycles. The van der Waals surface area contributed by atoms with E-state index in [1.807, 2.05) is 18.3 Å². The van der Waals surface area contributed by atoms with Gasteiger partial charge in [0.15, 0.2) is 0 Å². The van der Waals surface area contributed by atoms with Gasteiger partial charge in [-0.3, -0.25) is 4.57 Å². The monoisotopic (exact) mass is 625 g/mol. The van der Waals surface area contributed by atoms with Gasteiger partial charge in [-0.15, -0.1) is 0 Å². The van der Waals surface area contributed by atoms with Gasteiger partial charge in [-0.2, -0.15) is 0 Å². The van der Waals surface area contributed by atoms with E-state index in [1.54, 1.807) is 0 Å². The number of hydrogen-bond donors (Lipinski definition) is 0. The van der Waals surface area contributed by atoms with Crippen LogP contribution in [0.25, 0.3) is 88.1 Å². The van der Waals surface area contributed by atoms with Crippen LogP contribution in [-0.2, 0) is 0 Å². The van der Waals surface area contributed by atoms with Gasteiger partial charge in [0, 0.05) is 55.3 Å². The van der Waals surface area contributed by atoms with Gasteiger partial charge in [0.25, 0.3) is 0 Å². The van der Waals surface area contributed by atoms with Gasteiger partial charge in [0.2, 0.25) is 0 Å². The van der Waals surface area contributed by atoms with Gasteiger partial charge in [0.05, 0.1) is 22.1 Å². The molecule has 4 heterocycles. The highest BCUT2D eigenvalue weighted by atomic mass is 16.5. The quantitative estimate of drug-likeness (QED) is 0.196. The Kier molecular flexibility index (Phi) is 5.35. The van der Waals surface area contributed by atoms with Crippen molar-refractivity contribution in [3.05, 3.63) is 164 Å². The summed E-state index contributed by atoms with van der Waals surface area (Å²) < 4.78 is 11.1. The molecule has 1 aliphatic rings. The zero-order chi connectivity index (χ0) is 32.1. The lowest BCUT2D eigenvalue weighted by Crippen LogP contribution is -2.03. The lowest BCUT2D eigenvalue weighted by Gasteiger charge is -2.22. The first-order valence-corrected chi connectivity index (χ1v) is 16.6. The lowest BCUT2D eigenvalue weighted by molar-refractivity contribution is 0.487. The van der Waals surface area contributed by atoms with Crippen LogP contribution in [0.15, 0.2) is 164 Å². The number of benzene rings is 7. The summed E-state index contributed by atoms with van der Waals surface area (Å²) in [4.78, 5) is 5.17. The minimum atomic E-state index is 0.863. The highest BCUT2D eigenvalue weighted by molar-refractivity contribution is 6.14. The average molecular weight is 626 g/mol. The maximum Gasteiger partial charge on any atom is 0.145 e. The molecule has 0 atom stereocenters. The normalized spacial score (nSPS) is 12.2. The fourth-order valence-electron chi connectivity index (χ4n) is 8.01. The van der Waals surface area contributed by atoms with E-state index in [-0.39, 0.29) is 0 Å². The minimum Gasteiger partial charge on any atom is -0.456 e. The van der Waals surface area contributed by atoms with Gasteiger partial charge in [0.1, 0.15) is 17.3 Å². The van der Waals surface area contributed by atoms with Crippen molar-refractivity contribution in [2.75, 3.05) is 0 Å². The largest absolute Gasteiger partial charge is 0.456 e. The van der Waals surface area contributed by atoms with E-state index in [4.69, 9.17) is 9.72 Å². The molecule has 4 nitrogen and oxygen atoms in total. The van der Waals surface area contributed by atoms with Crippen LogP contribution in [0.5, 0.6) is 11.5 Å². The van der Waals surface area contributed by atoms with Crippen LogP contribution >= 0.6 is 0 Å². The van der Waals surface area contributed by atoms with Crippen molar-refractivity contribution in [1.29, 1.82) is 0 Å². The maximum atomic E-state index is 6.41. The van der Waals surface area contributed by atoms with Gasteiger partial charge < -0.3 is 9.30 Å². The smallest absolute Gasteiger partial charge is 0.145 e. The number of pyridine rings is 1. The first kappa shape index (κ1) is 26.4. The molecule has 4 heteroatoms. The van der Waals surface area contributed by atoms with Crippen LogP contribution in [-0.4, -0.2) is 14.1 Å². The van der Waals surface area contributed by atoms with Crippen LogP contribution in [0.2, 0.25) is 0 Å². The third kappa shape index (κ3) is 3.71. The zero-order valence-corrected chi connectivity index (χ0v) is 26.3. The summed E-state index contributed by atoms with van der Waals surface area (Å²) in [5.74, 6) is 2.63. The Morgan fingerprint density at radius 1 is 0.408 bits per heavy atom. The Hall–Kier alpha value is -6.65. The average Bonchev–Trinajstić information content (AvgIpc) is 3.67. The first-order valence-electron chi connectivity index (χ1n) is 16.6. The van der Waals surface area contributed by atoms with Gasteiger partial charge >= 0.3 is 0 Å². The van der Waals surface area contributed by atoms with E-state index < -0.39 is 0 Å². The molecule has 11 rings (SSSR count). The number of hydrogen-bond acceptors (Lipinski definition) is 2. The molecule has 0 fully saturated rings. The number of nitrogens with zero attached hydrogens (tertiary/aromatic N) is 3. The highest BCUT2D eigenvalue weighted by Crippen LogP contribution is 2.48. The van der Waals surface area contributed by atoms with Crippen molar-refractivity contribution in [3.63, 3.8) is 0 Å². The van der Waals surface area contributed by atoms with Crippen LogP contribution < -0.4 is 4.74 Å². The van der Waals surface area contributed by atoms with Crippen LogP contribution in [0.4, 0.5) is 0 Å². The van der Waals surface area contributed by atoms with Crippen LogP contribution in [0.1, 0.15) is 0 Å². The summed E-state index contributed by atoms with van der Waals surface area (Å²) in [5.41, 5.74) is 10.4. The molecule has 0 N–H and O–H groups in total. The highest BCUT2D eigenvalue weighted by Gasteiger charge is 2.24. The minimum absolute atomic E-state index is 0.863. The van der Waals surface area contributed by atoms with E-state index >= 15 is 0 Å². The fourth-order valence-corrected chi connectivity index (χ4v) is 8.01. The molecule has 0 aliphatic carbocycles. The van der Waals surface area contributed by atoms with E-state index in [0.29, 0.717) is 0 Å². The Balaban J connectivity index is 1.12. The predicted molar refractivity (Wildman–Crippen MR) is 201 cm³/mol. The summed E-state index contributed by atoms with van der Waals surface area (Å²) >= 11 is 0. The maximum absolute atomic E-state index is 6.41. The summed E-state index contributed by atoms with van der Waals surface area (Å²) in [6.07, 6.45) is 2.01. The lowest BCUT2D eigenvalue weighted by atomic mass is 9.96. The number of para-hydroxylation sites is 4. The second-order valence-electron chi connectivity index (χ2n) is 12.8. The Morgan fingerprint density at radius 2 is 0.980 bits per heavy atom. The molecule has 0 bridgehead atoms. The number of ether oxygens (including phenoxy) is 1. The van der Waals surface area contributed by atoms with E-state index in [2.05, 4.69) is 155 Å². The van der Waals surface area contributed by atoms with Crippen molar-refractivity contribution in [2.24, 2.45) is 0 Å². The molecule has 10 aromatic rings. The van der Waals surface area contributed by atoms with E-state index in [1.165, 1.54) is 49.4 Å². The summed E-state index contributed by atoms with van der Waals surface area (Å²) in [6, 6.07) is 56.2. The van der Waals surface area contributed by atoms with E-state index in [9.17, 15) is 0 Å². The summed E-state index contributed by atoms with van der Waals surface area (Å²) in [5, 5.41) is 7.06. The SMILES string of the molecule is c1ccc(-n2c3ccccc3c3cc(-c4ccc5c(c4)c4ccccc4n5-c4ncc5c6c(cccc46)Oc4ccccc4-5)ccc32)cc1. The standard InChI is InChI=1S/C45H27N3O/c1-2-11-30(12-3-1)47-38-17-7-4-13-31(38)35-25-28(21-23-40(35)47)29-22-24-41-36(26-29)32-14-5-8-18-39(32)48(41)45-34-16-10-20-43-44(34)37(27-46-45)33-15-6-9-19-42(33)49-43/h1-27H. The third-order valence-electron chi connectivity index (χ3n) is 10.2. The molecule has 228 valence electrons. The Morgan fingerprint density at radius 3 is 1.73 bits per heavy atom. The molecular weight excluding hydrogens is 599 g/mol. The van der Waals surface area contributed by atoms with Crippen molar-refractivity contribution < 1.29 is 4.74 Å². The molecule has 0 spiro atoms. The summed E-state index contributed by atoms with van der Waals surface area (Å²) in [7, 11) is 0. The second kappa shape index (κ2) is 9.93. The fraction of sp³-hybridized carbons (Fsp3) is 0. The summed E-state index contributed by atoms with van der Waals surface area (Å²) in [6.45, 7) is 0. The third-order valence-corrected chi connectivity index (χ3v) is 10.2. The van der Waals surface area contributed by atoms with Crippen molar-refractivity contribution >= 4 is 54.4 Å². The number of aromatic nitrogens is 3. The van der Waals surface area contributed by atoms with Crippen molar-refractivity contribution in [3.8, 4) is 45.3 Å². The molecular formula is C45H27N3O. The van der Waals surface area contributed by atoms with Crippen LogP contribution in [0.3, 0.4) is 0 Å². The Labute approximate surface area is 281 Å².